The molecule has 0 saturated heterocycles. The molecule has 1 aromatic heterocycles. The van der Waals surface area contributed by atoms with Crippen molar-refractivity contribution < 1.29 is 18.0 Å². The molecule has 2 amide bonds. The number of anilines is 1. The topological polar surface area (TPSA) is 118 Å². The summed E-state index contributed by atoms with van der Waals surface area (Å²) in [6.45, 7) is 0.160. The van der Waals surface area contributed by atoms with E-state index in [1.807, 2.05) is 0 Å². The van der Waals surface area contributed by atoms with Crippen molar-refractivity contribution in [2.24, 2.45) is 5.14 Å². The van der Waals surface area contributed by atoms with Crippen molar-refractivity contribution in [3.8, 4) is 0 Å². The lowest BCUT2D eigenvalue weighted by atomic mass is 10.1. The first-order valence-electron chi connectivity index (χ1n) is 8.39. The summed E-state index contributed by atoms with van der Waals surface area (Å²) in [6, 6.07) is 13.8. The maximum absolute atomic E-state index is 12.3. The summed E-state index contributed by atoms with van der Waals surface area (Å²) in [6.07, 6.45) is 0. The fraction of sp³-hybridized carbons (Fsp3) is 0.0526. The number of carbonyl (C=O) groups excluding carboxylic acids is 2. The van der Waals surface area contributed by atoms with Gasteiger partial charge >= 0.3 is 0 Å². The lowest BCUT2D eigenvalue weighted by Gasteiger charge is -2.08. The number of thiophene rings is 1. The molecule has 3 aromatic rings. The van der Waals surface area contributed by atoms with Crippen molar-refractivity contribution in [1.82, 2.24) is 5.32 Å². The van der Waals surface area contributed by atoms with E-state index in [9.17, 15) is 18.0 Å². The third-order valence-electron chi connectivity index (χ3n) is 3.87. The second-order valence-electron chi connectivity index (χ2n) is 6.14. The minimum absolute atomic E-state index is 0.0350. The van der Waals surface area contributed by atoms with Crippen LogP contribution in [0.25, 0.3) is 0 Å². The van der Waals surface area contributed by atoms with Gasteiger partial charge in [-0.1, -0.05) is 23.2 Å². The summed E-state index contributed by atoms with van der Waals surface area (Å²) in [5.74, 6) is -0.736. The predicted octanol–water partition coefficient (Wildman–Crippen LogP) is 3.88. The van der Waals surface area contributed by atoms with Crippen LogP contribution in [0.5, 0.6) is 0 Å². The van der Waals surface area contributed by atoms with Crippen LogP contribution in [0.15, 0.2) is 58.8 Å². The van der Waals surface area contributed by atoms with Crippen LogP contribution in [0, 0.1) is 0 Å². The van der Waals surface area contributed by atoms with E-state index in [0.29, 0.717) is 31.7 Å². The van der Waals surface area contributed by atoms with Gasteiger partial charge in [-0.2, -0.15) is 0 Å². The summed E-state index contributed by atoms with van der Waals surface area (Å²) < 4.78 is 22.6. The minimum Gasteiger partial charge on any atom is -0.347 e. The van der Waals surface area contributed by atoms with E-state index in [4.69, 9.17) is 28.3 Å². The Balaban J connectivity index is 1.60. The highest BCUT2D eigenvalue weighted by Gasteiger charge is 2.13. The van der Waals surface area contributed by atoms with Crippen molar-refractivity contribution in [3.05, 3.63) is 80.6 Å². The minimum atomic E-state index is -3.76. The molecule has 0 bridgehead atoms. The highest BCUT2D eigenvalue weighted by molar-refractivity contribution is 7.91. The molecule has 0 aliphatic rings. The van der Waals surface area contributed by atoms with Crippen LogP contribution in [-0.2, 0) is 16.6 Å². The molecule has 0 aliphatic heterocycles. The molecule has 7 nitrogen and oxygen atoms in total. The van der Waals surface area contributed by atoms with Gasteiger partial charge < -0.3 is 10.6 Å². The Morgan fingerprint density at radius 3 is 2.10 bits per heavy atom. The van der Waals surface area contributed by atoms with Gasteiger partial charge in [-0.3, -0.25) is 9.59 Å². The first kappa shape index (κ1) is 22.3. The van der Waals surface area contributed by atoms with Crippen LogP contribution >= 0.6 is 34.5 Å². The van der Waals surface area contributed by atoms with E-state index in [1.54, 1.807) is 30.3 Å². The normalized spacial score (nSPS) is 11.2. The van der Waals surface area contributed by atoms with Crippen molar-refractivity contribution in [3.63, 3.8) is 0 Å². The SMILES string of the molecule is NS(=O)(=O)c1ccc(CNC(=O)c2ccc(NC(=O)c3cc(Cl)cc(Cl)c3)cc2)s1. The number of hydrogen-bond donors (Lipinski definition) is 3. The number of rotatable bonds is 6. The van der Waals surface area contributed by atoms with E-state index in [2.05, 4.69) is 10.6 Å². The Morgan fingerprint density at radius 1 is 0.900 bits per heavy atom. The van der Waals surface area contributed by atoms with E-state index < -0.39 is 10.0 Å². The van der Waals surface area contributed by atoms with E-state index in [-0.39, 0.29) is 22.6 Å². The predicted molar refractivity (Wildman–Crippen MR) is 118 cm³/mol. The van der Waals surface area contributed by atoms with Crippen LogP contribution in [0.4, 0.5) is 5.69 Å². The zero-order valence-corrected chi connectivity index (χ0v) is 18.3. The Hall–Kier alpha value is -2.43. The number of primary sulfonamides is 1. The van der Waals surface area contributed by atoms with E-state index in [0.717, 1.165) is 11.3 Å². The van der Waals surface area contributed by atoms with Crippen LogP contribution in [0.3, 0.4) is 0 Å². The van der Waals surface area contributed by atoms with Gasteiger partial charge in [-0.25, -0.2) is 13.6 Å². The van der Waals surface area contributed by atoms with Crippen molar-refractivity contribution >= 4 is 62.1 Å². The maximum Gasteiger partial charge on any atom is 0.255 e. The Labute approximate surface area is 186 Å². The summed E-state index contributed by atoms with van der Waals surface area (Å²) in [5, 5.41) is 11.2. The molecule has 0 saturated carbocycles. The molecular formula is C19H15Cl2N3O4S2. The fourth-order valence-corrected chi connectivity index (χ4v) is 4.71. The van der Waals surface area contributed by atoms with Gasteiger partial charge in [0.05, 0.1) is 6.54 Å². The molecular weight excluding hydrogens is 469 g/mol. The number of sulfonamides is 1. The second kappa shape index (κ2) is 9.15. The molecule has 2 aromatic carbocycles. The summed E-state index contributed by atoms with van der Waals surface area (Å²) in [5.41, 5.74) is 1.18. The van der Waals surface area contributed by atoms with Crippen LogP contribution < -0.4 is 15.8 Å². The number of nitrogens with one attached hydrogen (secondary N) is 2. The maximum atomic E-state index is 12.3. The van der Waals surface area contributed by atoms with Gasteiger partial charge in [-0.05, 0) is 54.6 Å². The van der Waals surface area contributed by atoms with Crippen molar-refractivity contribution in [2.75, 3.05) is 5.32 Å². The van der Waals surface area contributed by atoms with Crippen LogP contribution in [-0.4, -0.2) is 20.2 Å². The molecule has 0 radical (unpaired) electrons. The zero-order valence-electron chi connectivity index (χ0n) is 15.2. The zero-order chi connectivity index (χ0) is 21.9. The standard InChI is InChI=1S/C19H15Cl2N3O4S2/c20-13-7-12(8-14(21)9-13)19(26)24-15-3-1-11(2-4-15)18(25)23-10-16-5-6-17(29-16)30(22,27)28/h1-9H,10H2,(H,23,25)(H,24,26)(H2,22,27,28). The Morgan fingerprint density at radius 2 is 1.53 bits per heavy atom. The molecule has 4 N–H and O–H groups in total. The molecule has 0 atom stereocenters. The number of nitrogens with two attached hydrogens (primary N) is 1. The number of carbonyl (C=O) groups is 2. The average molecular weight is 484 g/mol. The third-order valence-corrected chi connectivity index (χ3v) is 6.83. The lowest BCUT2D eigenvalue weighted by Crippen LogP contribution is -2.22. The average Bonchev–Trinajstić information content (AvgIpc) is 3.15. The van der Waals surface area contributed by atoms with E-state index in [1.165, 1.54) is 24.3 Å². The smallest absolute Gasteiger partial charge is 0.255 e. The number of amides is 2. The first-order valence-corrected chi connectivity index (χ1v) is 11.5. The van der Waals surface area contributed by atoms with E-state index >= 15 is 0 Å². The van der Waals surface area contributed by atoms with Gasteiger partial charge in [0.2, 0.25) is 10.0 Å². The number of halogens is 2. The molecule has 11 heteroatoms. The molecule has 0 spiro atoms. The van der Waals surface area contributed by atoms with Crippen LogP contribution in [0.2, 0.25) is 10.0 Å². The Kier molecular flexibility index (Phi) is 6.79. The highest BCUT2D eigenvalue weighted by atomic mass is 35.5. The number of hydrogen-bond acceptors (Lipinski definition) is 5. The first-order chi connectivity index (χ1) is 14.1. The van der Waals surface area contributed by atoms with Gasteiger partial charge in [0, 0.05) is 31.7 Å². The fourth-order valence-electron chi connectivity index (χ4n) is 2.47. The number of benzene rings is 2. The van der Waals surface area contributed by atoms with Crippen molar-refractivity contribution in [1.29, 1.82) is 0 Å². The lowest BCUT2D eigenvalue weighted by molar-refractivity contribution is 0.0950. The monoisotopic (exact) mass is 483 g/mol. The van der Waals surface area contributed by atoms with Gasteiger partial charge in [-0.15, -0.1) is 11.3 Å². The molecule has 3 rings (SSSR count). The second-order valence-corrected chi connectivity index (χ2v) is 9.97. The summed E-state index contributed by atoms with van der Waals surface area (Å²) in [7, 11) is -3.76. The molecule has 0 aliphatic carbocycles. The molecule has 0 unspecified atom stereocenters. The van der Waals surface area contributed by atoms with Gasteiger partial charge in [0.1, 0.15) is 4.21 Å². The van der Waals surface area contributed by atoms with Gasteiger partial charge in [0.25, 0.3) is 11.8 Å². The molecule has 1 heterocycles. The third kappa shape index (κ3) is 5.80. The van der Waals surface area contributed by atoms with Crippen molar-refractivity contribution in [2.45, 2.75) is 10.8 Å². The summed E-state index contributed by atoms with van der Waals surface area (Å²) >= 11 is 12.8. The molecule has 156 valence electrons. The van der Waals surface area contributed by atoms with Gasteiger partial charge in [0.15, 0.2) is 0 Å². The molecule has 0 fully saturated rings. The largest absolute Gasteiger partial charge is 0.347 e. The highest BCUT2D eigenvalue weighted by Crippen LogP contribution is 2.21. The Bertz CT molecular complexity index is 1190. The quantitative estimate of drug-likeness (QED) is 0.492. The van der Waals surface area contributed by atoms with Crippen LogP contribution in [0.1, 0.15) is 25.6 Å². The summed E-state index contributed by atoms with van der Waals surface area (Å²) in [4.78, 5) is 25.2. The molecule has 30 heavy (non-hydrogen) atoms.